The minimum atomic E-state index is -0.623. The second-order valence-corrected chi connectivity index (χ2v) is 11.5. The first-order valence-corrected chi connectivity index (χ1v) is 12.7. The molecule has 4 fully saturated rings. The van der Waals surface area contributed by atoms with E-state index in [1.807, 2.05) is 0 Å². The van der Waals surface area contributed by atoms with Gasteiger partial charge in [0, 0.05) is 24.7 Å². The van der Waals surface area contributed by atoms with Crippen LogP contribution in [0.25, 0.3) is 0 Å². The van der Waals surface area contributed by atoms with Crippen molar-refractivity contribution in [1.29, 1.82) is 0 Å². The lowest BCUT2D eigenvalue weighted by Gasteiger charge is -2.43. The summed E-state index contributed by atoms with van der Waals surface area (Å²) >= 11 is 0. The first kappa shape index (κ1) is 25.5. The monoisotopic (exact) mass is 452 g/mol. The SMILES string of the molecule is CC1CCC(C(C)C)C2(C1)OC(=O)C(C)O2.CC1CCC(C(C)C)C2(C1)OC(=O)C(C)O2. The Hall–Kier alpha value is -1.14. The summed E-state index contributed by atoms with van der Waals surface area (Å²) in [5, 5.41) is 0. The summed E-state index contributed by atoms with van der Waals surface area (Å²) in [6.45, 7) is 16.7. The molecule has 0 aromatic carbocycles. The van der Waals surface area contributed by atoms with Crippen molar-refractivity contribution in [1.82, 2.24) is 0 Å². The molecule has 8 atom stereocenters. The van der Waals surface area contributed by atoms with Crippen molar-refractivity contribution in [2.45, 2.75) is 118 Å². The number of hydrogen-bond acceptors (Lipinski definition) is 6. The fourth-order valence-electron chi connectivity index (χ4n) is 6.28. The average Bonchev–Trinajstić information content (AvgIpc) is 3.09. The van der Waals surface area contributed by atoms with E-state index in [2.05, 4.69) is 41.5 Å². The Morgan fingerprint density at radius 2 is 1.00 bits per heavy atom. The Morgan fingerprint density at radius 1 is 0.656 bits per heavy atom. The van der Waals surface area contributed by atoms with E-state index in [1.54, 1.807) is 13.8 Å². The van der Waals surface area contributed by atoms with E-state index >= 15 is 0 Å². The van der Waals surface area contributed by atoms with Crippen molar-refractivity contribution in [3.8, 4) is 0 Å². The zero-order valence-electron chi connectivity index (χ0n) is 21.3. The van der Waals surface area contributed by atoms with Gasteiger partial charge in [-0.15, -0.1) is 0 Å². The van der Waals surface area contributed by atoms with E-state index < -0.39 is 23.8 Å². The van der Waals surface area contributed by atoms with Gasteiger partial charge in [-0.2, -0.15) is 0 Å². The normalized spacial score (nSPS) is 44.1. The summed E-state index contributed by atoms with van der Waals surface area (Å²) in [7, 11) is 0. The molecule has 4 aliphatic rings. The molecule has 0 N–H and O–H groups in total. The van der Waals surface area contributed by atoms with E-state index in [0.717, 1.165) is 25.7 Å². The van der Waals surface area contributed by atoms with Crippen molar-refractivity contribution in [2.75, 3.05) is 0 Å². The molecule has 2 heterocycles. The van der Waals surface area contributed by atoms with Crippen LogP contribution in [0.1, 0.15) is 93.9 Å². The lowest BCUT2D eigenvalue weighted by molar-refractivity contribution is -0.236. The third kappa shape index (κ3) is 5.01. The highest BCUT2D eigenvalue weighted by Crippen LogP contribution is 2.48. The Labute approximate surface area is 194 Å². The van der Waals surface area contributed by atoms with Crippen LogP contribution >= 0.6 is 0 Å². The molecular weight excluding hydrogens is 408 g/mol. The fraction of sp³-hybridized carbons (Fsp3) is 0.923. The van der Waals surface area contributed by atoms with Crippen LogP contribution in [0, 0.1) is 35.5 Å². The summed E-state index contributed by atoms with van der Waals surface area (Å²) in [6.07, 6.45) is 5.52. The molecule has 0 bridgehead atoms. The third-order valence-corrected chi connectivity index (χ3v) is 7.91. The third-order valence-electron chi connectivity index (χ3n) is 7.91. The molecule has 32 heavy (non-hydrogen) atoms. The summed E-state index contributed by atoms with van der Waals surface area (Å²) in [5.41, 5.74) is 0. The minimum absolute atomic E-state index is 0.195. The first-order valence-electron chi connectivity index (χ1n) is 12.7. The van der Waals surface area contributed by atoms with Gasteiger partial charge in [-0.25, -0.2) is 9.59 Å². The minimum Gasteiger partial charge on any atom is -0.431 e. The fourth-order valence-corrected chi connectivity index (χ4v) is 6.28. The van der Waals surface area contributed by atoms with Gasteiger partial charge in [-0.1, -0.05) is 41.5 Å². The summed E-state index contributed by atoms with van der Waals surface area (Å²) in [6, 6.07) is 0. The molecule has 0 aromatic rings. The summed E-state index contributed by atoms with van der Waals surface area (Å²) in [4.78, 5) is 23.2. The van der Waals surface area contributed by atoms with Gasteiger partial charge in [0.25, 0.3) is 0 Å². The van der Waals surface area contributed by atoms with Crippen LogP contribution in [-0.2, 0) is 28.5 Å². The Morgan fingerprint density at radius 3 is 1.25 bits per heavy atom. The second-order valence-electron chi connectivity index (χ2n) is 11.5. The Kier molecular flexibility index (Phi) is 7.66. The van der Waals surface area contributed by atoms with E-state index in [1.165, 1.54) is 12.8 Å². The van der Waals surface area contributed by atoms with Crippen molar-refractivity contribution in [3.63, 3.8) is 0 Å². The highest BCUT2D eigenvalue weighted by atomic mass is 16.8. The quantitative estimate of drug-likeness (QED) is 0.517. The molecule has 0 amide bonds. The zero-order chi connectivity index (χ0) is 23.8. The standard InChI is InChI=1S/2C13H22O3/c2*1-8(2)11-6-5-9(3)7-13(11)15-10(4)12(14)16-13/h2*8-11H,5-7H2,1-4H3. The van der Waals surface area contributed by atoms with Gasteiger partial charge in [-0.3, -0.25) is 0 Å². The highest BCUT2D eigenvalue weighted by Gasteiger charge is 2.55. The van der Waals surface area contributed by atoms with Crippen molar-refractivity contribution in [2.24, 2.45) is 35.5 Å². The van der Waals surface area contributed by atoms with Gasteiger partial charge in [-0.05, 0) is 63.2 Å². The number of carbonyl (C=O) groups is 2. The van der Waals surface area contributed by atoms with Crippen LogP contribution < -0.4 is 0 Å². The Bertz CT molecular complexity index is 632. The van der Waals surface area contributed by atoms with Gasteiger partial charge in [0.05, 0.1) is 0 Å². The van der Waals surface area contributed by atoms with Crippen LogP contribution in [0.3, 0.4) is 0 Å². The van der Waals surface area contributed by atoms with Crippen LogP contribution in [-0.4, -0.2) is 35.7 Å². The number of hydrogen-bond donors (Lipinski definition) is 0. The number of ether oxygens (including phenoxy) is 4. The van der Waals surface area contributed by atoms with Crippen molar-refractivity contribution < 1.29 is 28.5 Å². The zero-order valence-corrected chi connectivity index (χ0v) is 21.3. The van der Waals surface area contributed by atoms with Crippen LogP contribution in [0.2, 0.25) is 0 Å². The maximum atomic E-state index is 11.6. The molecule has 8 unspecified atom stereocenters. The van der Waals surface area contributed by atoms with Crippen LogP contribution in [0.4, 0.5) is 0 Å². The van der Waals surface area contributed by atoms with Crippen LogP contribution in [0.15, 0.2) is 0 Å². The van der Waals surface area contributed by atoms with E-state index in [9.17, 15) is 9.59 Å². The van der Waals surface area contributed by atoms with E-state index in [4.69, 9.17) is 18.9 Å². The molecule has 4 rings (SSSR count). The van der Waals surface area contributed by atoms with Crippen molar-refractivity contribution in [3.05, 3.63) is 0 Å². The molecule has 6 nitrogen and oxygen atoms in total. The predicted molar refractivity (Wildman–Crippen MR) is 121 cm³/mol. The molecule has 2 aliphatic heterocycles. The topological polar surface area (TPSA) is 71.1 Å². The van der Waals surface area contributed by atoms with Crippen molar-refractivity contribution >= 4 is 11.9 Å². The average molecular weight is 453 g/mol. The predicted octanol–water partition coefficient (Wildman–Crippen LogP) is 5.47. The molecule has 2 saturated heterocycles. The lowest BCUT2D eigenvalue weighted by Crippen LogP contribution is -2.47. The lowest BCUT2D eigenvalue weighted by atomic mass is 9.73. The summed E-state index contributed by atoms with van der Waals surface area (Å²) < 4.78 is 22.9. The molecule has 2 spiro atoms. The number of carbonyl (C=O) groups excluding carboxylic acids is 2. The second kappa shape index (κ2) is 9.61. The van der Waals surface area contributed by atoms with E-state index in [-0.39, 0.29) is 11.9 Å². The van der Waals surface area contributed by atoms with Gasteiger partial charge >= 0.3 is 11.9 Å². The maximum Gasteiger partial charge on any atom is 0.337 e. The molecule has 2 saturated carbocycles. The largest absolute Gasteiger partial charge is 0.431 e. The molecular formula is C26H44O6. The number of rotatable bonds is 2. The number of esters is 2. The molecule has 0 radical (unpaired) electrons. The van der Waals surface area contributed by atoms with Gasteiger partial charge < -0.3 is 18.9 Å². The van der Waals surface area contributed by atoms with E-state index in [0.29, 0.717) is 35.5 Å². The van der Waals surface area contributed by atoms with Crippen LogP contribution in [0.5, 0.6) is 0 Å². The maximum absolute atomic E-state index is 11.6. The van der Waals surface area contributed by atoms with Gasteiger partial charge in [0.2, 0.25) is 11.6 Å². The van der Waals surface area contributed by atoms with Gasteiger partial charge in [0.15, 0.2) is 12.2 Å². The molecule has 184 valence electrons. The molecule has 2 aliphatic carbocycles. The Balaban J connectivity index is 0.000000181. The molecule has 6 heteroatoms. The molecule has 0 aromatic heterocycles. The highest BCUT2D eigenvalue weighted by molar-refractivity contribution is 5.76. The smallest absolute Gasteiger partial charge is 0.337 e. The first-order chi connectivity index (χ1) is 14.9. The summed E-state index contributed by atoms with van der Waals surface area (Å²) in [5.74, 6) is 1.19. The van der Waals surface area contributed by atoms with Gasteiger partial charge in [0.1, 0.15) is 0 Å².